The van der Waals surface area contributed by atoms with Crippen molar-refractivity contribution in [1.82, 2.24) is 8.87 Å². The first-order valence-corrected chi connectivity index (χ1v) is 16.2. The van der Waals surface area contributed by atoms with Gasteiger partial charge in [0, 0.05) is 18.8 Å². The first-order chi connectivity index (χ1) is 21.4. The summed E-state index contributed by atoms with van der Waals surface area (Å²) in [4.78, 5) is 27.2. The summed E-state index contributed by atoms with van der Waals surface area (Å²) in [5.74, 6) is -1.02. The van der Waals surface area contributed by atoms with Crippen LogP contribution in [0.25, 0.3) is 17.3 Å². The lowest BCUT2D eigenvalue weighted by atomic mass is 10.1. The number of benzene rings is 3. The van der Waals surface area contributed by atoms with Gasteiger partial charge < -0.3 is 5.32 Å². The quantitative estimate of drug-likeness (QED) is 0.329. The number of carbonyl (C=O) groups is 1. The molecule has 0 unspecified atom stereocenters. The molecule has 5 rings (SSSR count). The van der Waals surface area contributed by atoms with Gasteiger partial charge in [-0.25, -0.2) is 8.42 Å². The van der Waals surface area contributed by atoms with Gasteiger partial charge in [0.2, 0.25) is 10.0 Å². The number of nitrogens with one attached hydrogen (secondary N) is 1. The number of sulfonamides is 1. The van der Waals surface area contributed by atoms with Gasteiger partial charge >= 0.3 is 6.18 Å². The van der Waals surface area contributed by atoms with Crippen molar-refractivity contribution in [2.75, 3.05) is 18.4 Å². The number of nitrogens with zero attached hydrogens (tertiary/aromatic N) is 3. The van der Waals surface area contributed by atoms with Crippen LogP contribution in [0.1, 0.15) is 36.0 Å². The molecule has 0 atom stereocenters. The van der Waals surface area contributed by atoms with Gasteiger partial charge in [0.15, 0.2) is 5.57 Å². The number of nitriles is 1. The Hall–Kier alpha value is -4.51. The van der Waals surface area contributed by atoms with Crippen molar-refractivity contribution in [1.29, 1.82) is 5.26 Å². The summed E-state index contributed by atoms with van der Waals surface area (Å²) in [7, 11) is -3.84. The van der Waals surface area contributed by atoms with E-state index in [0.717, 1.165) is 41.5 Å². The van der Waals surface area contributed by atoms with E-state index in [-0.39, 0.29) is 19.8 Å². The monoisotopic (exact) mass is 652 g/mol. The average molecular weight is 653 g/mol. The Kier molecular flexibility index (Phi) is 9.11. The molecule has 0 radical (unpaired) electrons. The van der Waals surface area contributed by atoms with Crippen LogP contribution in [0.5, 0.6) is 0 Å². The maximum absolute atomic E-state index is 14.1. The van der Waals surface area contributed by atoms with E-state index in [4.69, 9.17) is 0 Å². The van der Waals surface area contributed by atoms with E-state index in [2.05, 4.69) is 5.32 Å². The number of carbonyl (C=O) groups excluding carboxylic acids is 1. The van der Waals surface area contributed by atoms with Crippen molar-refractivity contribution in [2.45, 2.75) is 37.3 Å². The van der Waals surface area contributed by atoms with Gasteiger partial charge in [-0.05, 0) is 61.7 Å². The number of para-hydroxylation sites is 1. The van der Waals surface area contributed by atoms with E-state index >= 15 is 0 Å². The molecule has 13 heteroatoms. The molecular formula is C32H27F3N4O4S2. The Bertz CT molecular complexity index is 2110. The van der Waals surface area contributed by atoms with Crippen LogP contribution in [-0.4, -0.2) is 36.3 Å². The van der Waals surface area contributed by atoms with Crippen LogP contribution in [-0.2, 0) is 21.0 Å². The molecule has 2 heterocycles. The van der Waals surface area contributed by atoms with Crippen molar-refractivity contribution >= 4 is 44.6 Å². The molecule has 1 saturated heterocycles. The average Bonchev–Trinajstić information content (AvgIpc) is 3.32. The molecule has 1 aliphatic heterocycles. The van der Waals surface area contributed by atoms with Crippen LogP contribution >= 0.6 is 11.3 Å². The SMILES string of the molecule is Cc1cccc(/C=c2/s/c(=C(/C#N)C(=O)Nc3cccc(S(=O)(=O)N4CCCCC4)c3)n(-c3ccccc3C(F)(F)F)c2=O)c1. The van der Waals surface area contributed by atoms with Crippen molar-refractivity contribution in [3.63, 3.8) is 0 Å². The summed E-state index contributed by atoms with van der Waals surface area (Å²) in [6.45, 7) is 2.60. The van der Waals surface area contributed by atoms with E-state index in [0.29, 0.717) is 30.0 Å². The molecule has 0 spiro atoms. The zero-order valence-electron chi connectivity index (χ0n) is 24.0. The van der Waals surface area contributed by atoms with Crippen molar-refractivity contribution in [2.24, 2.45) is 0 Å². The largest absolute Gasteiger partial charge is 0.418 e. The Morgan fingerprint density at radius 1 is 1.00 bits per heavy atom. The predicted molar refractivity (Wildman–Crippen MR) is 166 cm³/mol. The first kappa shape index (κ1) is 31.9. The highest BCUT2D eigenvalue weighted by molar-refractivity contribution is 7.89. The molecule has 1 N–H and O–H groups in total. The van der Waals surface area contributed by atoms with E-state index < -0.39 is 44.5 Å². The second-order valence-corrected chi connectivity index (χ2v) is 13.4. The van der Waals surface area contributed by atoms with Gasteiger partial charge in [-0.2, -0.15) is 22.7 Å². The number of aromatic nitrogens is 1. The summed E-state index contributed by atoms with van der Waals surface area (Å²) >= 11 is 0.703. The Labute approximate surface area is 261 Å². The summed E-state index contributed by atoms with van der Waals surface area (Å²) in [5.41, 5.74) is -1.59. The minimum absolute atomic E-state index is 0.00255. The normalized spacial score (nSPS) is 15.4. The van der Waals surface area contributed by atoms with Crippen molar-refractivity contribution in [3.05, 3.63) is 109 Å². The second kappa shape index (κ2) is 12.8. The molecule has 45 heavy (non-hydrogen) atoms. The van der Waals surface area contributed by atoms with Gasteiger partial charge in [-0.15, -0.1) is 11.3 Å². The van der Waals surface area contributed by atoms with Crippen LogP contribution in [0, 0.1) is 18.3 Å². The molecule has 1 fully saturated rings. The van der Waals surface area contributed by atoms with Crippen LogP contribution < -0.4 is 20.1 Å². The zero-order chi connectivity index (χ0) is 32.4. The van der Waals surface area contributed by atoms with Crippen molar-refractivity contribution < 1.29 is 26.4 Å². The maximum Gasteiger partial charge on any atom is 0.418 e. The molecule has 8 nitrogen and oxygen atoms in total. The summed E-state index contributed by atoms with van der Waals surface area (Å²) in [6.07, 6.45) is -0.956. The molecule has 1 amide bonds. The summed E-state index contributed by atoms with van der Waals surface area (Å²) in [5, 5.41) is 12.6. The molecule has 4 aromatic rings. The number of thiazole rings is 1. The number of hydrogen-bond donors (Lipinski definition) is 1. The predicted octanol–water partition coefficient (Wildman–Crippen LogP) is 4.54. The number of piperidine rings is 1. The third-order valence-corrected chi connectivity index (χ3v) is 10.2. The Balaban J connectivity index is 1.66. The molecule has 0 aliphatic carbocycles. The number of hydrogen-bond acceptors (Lipinski definition) is 6. The van der Waals surface area contributed by atoms with E-state index in [1.807, 2.05) is 13.0 Å². The van der Waals surface area contributed by atoms with Gasteiger partial charge in [0.05, 0.1) is 20.7 Å². The van der Waals surface area contributed by atoms with Gasteiger partial charge in [0.25, 0.3) is 11.5 Å². The Morgan fingerprint density at radius 2 is 1.71 bits per heavy atom. The van der Waals surface area contributed by atoms with E-state index in [1.165, 1.54) is 46.8 Å². The highest BCUT2D eigenvalue weighted by atomic mass is 32.2. The molecule has 0 saturated carbocycles. The molecule has 232 valence electrons. The fourth-order valence-electron chi connectivity index (χ4n) is 5.07. The minimum atomic E-state index is -4.84. The number of halogens is 3. The van der Waals surface area contributed by atoms with Crippen LogP contribution in [0.15, 0.2) is 82.5 Å². The molecule has 1 aliphatic rings. The highest BCUT2D eigenvalue weighted by Crippen LogP contribution is 2.33. The number of alkyl halides is 3. The third-order valence-electron chi connectivity index (χ3n) is 7.21. The smallest absolute Gasteiger partial charge is 0.321 e. The van der Waals surface area contributed by atoms with Crippen LogP contribution in [0.3, 0.4) is 0 Å². The van der Waals surface area contributed by atoms with Gasteiger partial charge in [0.1, 0.15) is 10.7 Å². The molecule has 1 aromatic heterocycles. The summed E-state index contributed by atoms with van der Waals surface area (Å²) < 4.78 is 70.4. The first-order valence-electron chi connectivity index (χ1n) is 13.9. The lowest BCUT2D eigenvalue weighted by molar-refractivity contribution is -0.137. The highest BCUT2D eigenvalue weighted by Gasteiger charge is 2.35. The standard InChI is InChI=1S/C32H27F3N4O4S2/c1-21-9-7-10-22(17-21)18-28-30(41)39(27-14-4-3-13-26(27)32(33,34)35)31(44-28)25(20-36)29(40)37-23-11-8-12-24(19-23)45(42,43)38-15-5-2-6-16-38/h3-4,7-14,17-19H,2,5-6,15-16H2,1H3,(H,37,40)/b28-18+,31-25-. The zero-order valence-corrected chi connectivity index (χ0v) is 25.6. The lowest BCUT2D eigenvalue weighted by Gasteiger charge is -2.26. The second-order valence-electron chi connectivity index (χ2n) is 10.4. The topological polar surface area (TPSA) is 112 Å². The number of aryl methyl sites for hydroxylation is 1. The van der Waals surface area contributed by atoms with Crippen molar-refractivity contribution in [3.8, 4) is 11.8 Å². The molecular weight excluding hydrogens is 626 g/mol. The number of amides is 1. The molecule has 0 bridgehead atoms. The van der Waals surface area contributed by atoms with Crippen LogP contribution in [0.4, 0.5) is 18.9 Å². The van der Waals surface area contributed by atoms with E-state index in [1.54, 1.807) is 24.3 Å². The van der Waals surface area contributed by atoms with Gasteiger partial charge in [-0.3, -0.25) is 14.2 Å². The Morgan fingerprint density at radius 3 is 2.40 bits per heavy atom. The lowest BCUT2D eigenvalue weighted by Crippen LogP contribution is -2.35. The van der Waals surface area contributed by atoms with E-state index in [9.17, 15) is 36.4 Å². The van der Waals surface area contributed by atoms with Gasteiger partial charge in [-0.1, -0.05) is 54.4 Å². The number of rotatable bonds is 6. The third kappa shape index (κ3) is 6.78. The number of anilines is 1. The van der Waals surface area contributed by atoms with Crippen LogP contribution in [0.2, 0.25) is 0 Å². The summed E-state index contributed by atoms with van der Waals surface area (Å²) in [6, 6.07) is 18.8. The molecule has 3 aromatic carbocycles. The maximum atomic E-state index is 14.1. The fraction of sp³-hybridized carbons (Fsp3) is 0.219. The minimum Gasteiger partial charge on any atom is -0.321 e. The fourth-order valence-corrected chi connectivity index (χ4v) is 7.72.